The monoisotopic (exact) mass is 724 g/mol. The molecule has 0 aliphatic carbocycles. The number of anilines is 1. The number of imide groups is 1. The molecule has 2 aliphatic heterocycles. The van der Waals surface area contributed by atoms with Gasteiger partial charge in [0.25, 0.3) is 6.43 Å². The molecule has 3 aromatic carbocycles. The molecule has 2 unspecified atom stereocenters. The molecule has 2 aliphatic rings. The van der Waals surface area contributed by atoms with Crippen LogP contribution in [0.2, 0.25) is 0 Å². The van der Waals surface area contributed by atoms with E-state index in [9.17, 15) is 22.8 Å². The summed E-state index contributed by atoms with van der Waals surface area (Å²) in [5.74, 6) is -1.96. The number of aromatic nitrogens is 3. The number of alkyl halides is 2. The smallest absolute Gasteiger partial charge is 0.266 e. The van der Waals surface area contributed by atoms with Crippen LogP contribution < -0.4 is 10.6 Å². The van der Waals surface area contributed by atoms with Crippen molar-refractivity contribution in [2.75, 3.05) is 18.4 Å². The van der Waals surface area contributed by atoms with E-state index in [1.54, 1.807) is 13.1 Å². The number of carbonyl (C=O) groups excluding carboxylic acids is 2. The van der Waals surface area contributed by atoms with E-state index >= 15 is 4.39 Å². The lowest BCUT2D eigenvalue weighted by Gasteiger charge is -2.33. The minimum atomic E-state index is -2.93. The van der Waals surface area contributed by atoms with Crippen LogP contribution >= 0.6 is 0 Å². The van der Waals surface area contributed by atoms with Crippen molar-refractivity contribution < 1.29 is 27.2 Å². The van der Waals surface area contributed by atoms with E-state index in [-0.39, 0.29) is 35.5 Å². The van der Waals surface area contributed by atoms with Crippen LogP contribution in [0.25, 0.3) is 22.0 Å². The average Bonchev–Trinajstić information content (AvgIpc) is 3.13. The fraction of sp³-hybridized carbons (Fsp3) is 0.341. The maximum atomic E-state index is 15.6. The molecule has 2 amide bonds. The summed E-state index contributed by atoms with van der Waals surface area (Å²) in [5.41, 5.74) is 4.99. The van der Waals surface area contributed by atoms with E-state index in [4.69, 9.17) is 4.98 Å². The van der Waals surface area contributed by atoms with Crippen molar-refractivity contribution >= 4 is 28.4 Å². The number of carbonyl (C=O) groups is 2. The second-order valence-corrected chi connectivity index (χ2v) is 14.2. The Morgan fingerprint density at radius 2 is 1.68 bits per heavy atom. The van der Waals surface area contributed by atoms with E-state index < -0.39 is 29.8 Å². The maximum Gasteiger partial charge on any atom is 0.266 e. The van der Waals surface area contributed by atoms with E-state index in [1.807, 2.05) is 38.1 Å². The molecule has 53 heavy (non-hydrogen) atoms. The van der Waals surface area contributed by atoms with E-state index in [0.717, 1.165) is 59.5 Å². The van der Waals surface area contributed by atoms with Gasteiger partial charge in [-0.1, -0.05) is 42.5 Å². The quantitative estimate of drug-likeness (QED) is 0.116. The largest absolute Gasteiger partial charge is 0.361 e. The fourth-order valence-corrected chi connectivity index (χ4v) is 7.77. The molecule has 5 aromatic rings. The van der Waals surface area contributed by atoms with Gasteiger partial charge in [-0.15, -0.1) is 5.10 Å². The third-order valence-corrected chi connectivity index (χ3v) is 10.6. The highest BCUT2D eigenvalue weighted by atomic mass is 19.3. The van der Waals surface area contributed by atoms with Crippen LogP contribution in [-0.2, 0) is 16.1 Å². The molecule has 0 spiro atoms. The molecular weight excluding hydrogens is 684 g/mol. The molecule has 274 valence electrons. The molecule has 0 bridgehead atoms. The zero-order valence-electron chi connectivity index (χ0n) is 29.7. The van der Waals surface area contributed by atoms with Crippen LogP contribution in [0.3, 0.4) is 0 Å². The van der Waals surface area contributed by atoms with Crippen molar-refractivity contribution in [1.29, 1.82) is 0 Å². The number of fused-ring (bicyclic) bond motifs is 1. The molecule has 8 nitrogen and oxygen atoms in total. The van der Waals surface area contributed by atoms with Gasteiger partial charge in [-0.05, 0) is 99.5 Å². The van der Waals surface area contributed by atoms with E-state index in [1.165, 1.54) is 18.2 Å². The molecule has 2 saturated heterocycles. The zero-order chi connectivity index (χ0) is 37.4. The predicted octanol–water partition coefficient (Wildman–Crippen LogP) is 8.60. The Morgan fingerprint density at radius 3 is 2.42 bits per heavy atom. The van der Waals surface area contributed by atoms with Gasteiger partial charge in [0.15, 0.2) is 5.82 Å². The Morgan fingerprint density at radius 1 is 0.925 bits per heavy atom. The number of hydrogen-bond donors (Lipinski definition) is 2. The third kappa shape index (κ3) is 7.50. The van der Waals surface area contributed by atoms with Gasteiger partial charge < -0.3 is 5.32 Å². The number of piperidine rings is 2. The summed E-state index contributed by atoms with van der Waals surface area (Å²) >= 11 is 0. The van der Waals surface area contributed by atoms with Crippen molar-refractivity contribution in [3.05, 3.63) is 118 Å². The minimum absolute atomic E-state index is 0.0667. The Labute approximate surface area is 305 Å². The van der Waals surface area contributed by atoms with Gasteiger partial charge in [-0.3, -0.25) is 24.8 Å². The number of likely N-dealkylation sites (tertiary alicyclic amines) is 1. The molecule has 4 heterocycles. The average molecular weight is 725 g/mol. The Hall–Kier alpha value is -5.23. The van der Waals surface area contributed by atoms with Gasteiger partial charge in [0.05, 0.1) is 28.9 Å². The SMILES string of the molecule is Cc1cc(C2CCC(=O)NC2=O)cc(F)c1C1CCN(Cc2cccc(-c3cc4c(NC(C)c5cccc(C(F)F)c5F)nnc(C)c4cn3)c2)CC1. The van der Waals surface area contributed by atoms with Gasteiger partial charge in [0.2, 0.25) is 11.8 Å². The number of amides is 2. The number of aryl methyl sites for hydroxylation is 2. The summed E-state index contributed by atoms with van der Waals surface area (Å²) in [7, 11) is 0. The lowest BCUT2D eigenvalue weighted by atomic mass is 9.83. The topological polar surface area (TPSA) is 100 Å². The molecular formula is C41H40F4N6O2. The number of nitrogens with one attached hydrogen (secondary N) is 2. The first kappa shape index (κ1) is 36.1. The molecule has 7 rings (SSSR count). The molecule has 2 atom stereocenters. The zero-order valence-corrected chi connectivity index (χ0v) is 29.7. The lowest BCUT2D eigenvalue weighted by Crippen LogP contribution is -2.39. The Kier molecular flexibility index (Phi) is 10.2. The van der Waals surface area contributed by atoms with Gasteiger partial charge in [-0.2, -0.15) is 5.10 Å². The van der Waals surface area contributed by atoms with Crippen molar-refractivity contribution in [2.45, 2.75) is 77.3 Å². The van der Waals surface area contributed by atoms with Crippen molar-refractivity contribution in [1.82, 2.24) is 25.4 Å². The number of pyridine rings is 1. The van der Waals surface area contributed by atoms with Crippen LogP contribution in [0, 0.1) is 25.5 Å². The molecule has 0 radical (unpaired) electrons. The summed E-state index contributed by atoms with van der Waals surface area (Å²) in [6, 6.07) is 16.7. The highest BCUT2D eigenvalue weighted by Gasteiger charge is 2.31. The van der Waals surface area contributed by atoms with Gasteiger partial charge in [0, 0.05) is 41.1 Å². The molecule has 2 fully saturated rings. The summed E-state index contributed by atoms with van der Waals surface area (Å²) in [6.07, 6.45) is 1.04. The van der Waals surface area contributed by atoms with Crippen molar-refractivity contribution in [3.63, 3.8) is 0 Å². The Balaban J connectivity index is 1.04. The number of nitrogens with zero attached hydrogens (tertiary/aromatic N) is 4. The number of rotatable bonds is 9. The first-order valence-electron chi connectivity index (χ1n) is 17.9. The number of benzene rings is 3. The van der Waals surface area contributed by atoms with E-state index in [2.05, 4.69) is 37.9 Å². The normalized spacial score (nSPS) is 17.7. The summed E-state index contributed by atoms with van der Waals surface area (Å²) in [4.78, 5) is 31.1. The summed E-state index contributed by atoms with van der Waals surface area (Å²) in [6.45, 7) is 7.71. The lowest BCUT2D eigenvalue weighted by molar-refractivity contribution is -0.134. The maximum absolute atomic E-state index is 15.6. The van der Waals surface area contributed by atoms with E-state index in [0.29, 0.717) is 41.3 Å². The second-order valence-electron chi connectivity index (χ2n) is 14.2. The highest BCUT2D eigenvalue weighted by Crippen LogP contribution is 2.37. The third-order valence-electron chi connectivity index (χ3n) is 10.6. The van der Waals surface area contributed by atoms with Crippen LogP contribution in [-0.4, -0.2) is 45.0 Å². The molecule has 2 aromatic heterocycles. The second kappa shape index (κ2) is 15.0. The standard InChI is InChI=1S/C41H40F4N6O2/c1-22-16-28(30-10-11-36(52)48-41(30)53)18-34(42)37(22)26-12-14-51(15-13-26)21-25-6-4-7-27(17-25)35-19-32-33(20-46-35)24(3)49-50-40(32)47-23(2)29-8-5-9-31(38(29)43)39(44)45/h4-9,16-20,23,26,30,39H,10-15,21H2,1-3H3,(H,47,50)(H,48,52,53). The van der Waals surface area contributed by atoms with Crippen LogP contribution in [0.5, 0.6) is 0 Å². The Bertz CT molecular complexity index is 2180. The number of hydrogen-bond acceptors (Lipinski definition) is 7. The predicted molar refractivity (Wildman–Crippen MR) is 194 cm³/mol. The minimum Gasteiger partial charge on any atom is -0.361 e. The van der Waals surface area contributed by atoms with Crippen LogP contribution in [0.1, 0.15) is 96.0 Å². The highest BCUT2D eigenvalue weighted by molar-refractivity contribution is 6.01. The van der Waals surface area contributed by atoms with Crippen molar-refractivity contribution in [2.24, 2.45) is 0 Å². The molecule has 0 saturated carbocycles. The molecule has 2 N–H and O–H groups in total. The fourth-order valence-electron chi connectivity index (χ4n) is 7.77. The first-order chi connectivity index (χ1) is 25.5. The van der Waals surface area contributed by atoms with Gasteiger partial charge in [-0.25, -0.2) is 17.6 Å². The first-order valence-corrected chi connectivity index (χ1v) is 17.9. The van der Waals surface area contributed by atoms with Crippen LogP contribution in [0.15, 0.2) is 66.9 Å². The molecule has 12 heteroatoms. The summed E-state index contributed by atoms with van der Waals surface area (Å²) < 4.78 is 57.3. The van der Waals surface area contributed by atoms with Gasteiger partial charge >= 0.3 is 0 Å². The van der Waals surface area contributed by atoms with Crippen LogP contribution in [0.4, 0.5) is 23.4 Å². The summed E-state index contributed by atoms with van der Waals surface area (Å²) in [5, 5.41) is 15.6. The van der Waals surface area contributed by atoms with Crippen molar-refractivity contribution in [3.8, 4) is 11.3 Å². The number of halogens is 4. The van der Waals surface area contributed by atoms with Gasteiger partial charge in [0.1, 0.15) is 11.6 Å².